The SMILES string of the molecule is NC(=O)c1ccc(N2CC[C@](O)(c3ccccc3)[C@H](N3CCCC3)C2)nc1. The Morgan fingerprint density at radius 3 is 2.48 bits per heavy atom. The standard InChI is InChI=1S/C21H26N4O2/c22-20(26)16-8-9-19(23-14-16)25-13-10-21(27,17-6-2-1-3-7-17)18(15-25)24-11-4-5-12-24/h1-3,6-9,14,18,27H,4-5,10-13,15H2,(H2,22,26)/t18-,21+/m1/s1. The molecule has 1 aromatic carbocycles. The molecule has 1 aromatic heterocycles. The van der Waals surface area contributed by atoms with Crippen molar-refractivity contribution in [1.29, 1.82) is 0 Å². The van der Waals surface area contributed by atoms with Crippen molar-refractivity contribution in [3.8, 4) is 0 Å². The number of likely N-dealkylation sites (tertiary alicyclic amines) is 1. The van der Waals surface area contributed by atoms with Crippen LogP contribution in [-0.4, -0.2) is 53.1 Å². The molecular formula is C21H26N4O2. The van der Waals surface area contributed by atoms with Gasteiger partial charge in [0.05, 0.1) is 11.6 Å². The second kappa shape index (κ2) is 7.29. The molecule has 2 aliphatic rings. The number of nitrogens with two attached hydrogens (primary N) is 1. The van der Waals surface area contributed by atoms with Crippen molar-refractivity contribution >= 4 is 11.7 Å². The molecule has 6 nitrogen and oxygen atoms in total. The molecule has 0 bridgehead atoms. The average Bonchev–Trinajstić information content (AvgIpc) is 3.23. The van der Waals surface area contributed by atoms with Crippen LogP contribution in [0.5, 0.6) is 0 Å². The van der Waals surface area contributed by atoms with E-state index in [0.717, 1.165) is 24.5 Å². The molecule has 0 aliphatic carbocycles. The molecule has 0 spiro atoms. The largest absolute Gasteiger partial charge is 0.383 e. The van der Waals surface area contributed by atoms with Gasteiger partial charge in [-0.2, -0.15) is 0 Å². The van der Waals surface area contributed by atoms with E-state index >= 15 is 0 Å². The minimum absolute atomic E-state index is 0.00812. The van der Waals surface area contributed by atoms with Gasteiger partial charge in [0.2, 0.25) is 5.91 Å². The molecule has 1 amide bonds. The number of rotatable bonds is 4. The van der Waals surface area contributed by atoms with Gasteiger partial charge < -0.3 is 15.7 Å². The molecule has 142 valence electrons. The third kappa shape index (κ3) is 3.42. The lowest BCUT2D eigenvalue weighted by Crippen LogP contribution is -2.60. The number of anilines is 1. The molecule has 0 saturated carbocycles. The molecule has 2 fully saturated rings. The zero-order valence-corrected chi connectivity index (χ0v) is 15.4. The highest BCUT2D eigenvalue weighted by Crippen LogP contribution is 2.38. The second-order valence-electron chi connectivity index (χ2n) is 7.51. The summed E-state index contributed by atoms with van der Waals surface area (Å²) >= 11 is 0. The highest BCUT2D eigenvalue weighted by Gasteiger charge is 2.46. The van der Waals surface area contributed by atoms with Gasteiger partial charge in [-0.05, 0) is 50.0 Å². The smallest absolute Gasteiger partial charge is 0.250 e. The van der Waals surface area contributed by atoms with Gasteiger partial charge >= 0.3 is 0 Å². The Morgan fingerprint density at radius 1 is 1.11 bits per heavy atom. The number of hydrogen-bond donors (Lipinski definition) is 2. The molecule has 2 atom stereocenters. The number of hydrogen-bond acceptors (Lipinski definition) is 5. The van der Waals surface area contributed by atoms with Gasteiger partial charge in [-0.15, -0.1) is 0 Å². The molecule has 3 heterocycles. The Bertz CT molecular complexity index is 790. The lowest BCUT2D eigenvalue weighted by Gasteiger charge is -2.49. The summed E-state index contributed by atoms with van der Waals surface area (Å²) in [6.07, 6.45) is 4.51. The quantitative estimate of drug-likeness (QED) is 0.861. The Balaban J connectivity index is 1.62. The Hall–Kier alpha value is -2.44. The summed E-state index contributed by atoms with van der Waals surface area (Å²) in [7, 11) is 0. The van der Waals surface area contributed by atoms with E-state index in [2.05, 4.69) is 14.8 Å². The molecule has 0 unspecified atom stereocenters. The minimum Gasteiger partial charge on any atom is -0.383 e. The predicted octanol–water partition coefficient (Wildman–Crippen LogP) is 1.74. The van der Waals surface area contributed by atoms with E-state index < -0.39 is 11.5 Å². The van der Waals surface area contributed by atoms with Crippen LogP contribution in [0, 0.1) is 0 Å². The maximum atomic E-state index is 11.7. The van der Waals surface area contributed by atoms with Gasteiger partial charge in [0.15, 0.2) is 0 Å². The van der Waals surface area contributed by atoms with E-state index in [4.69, 9.17) is 5.73 Å². The molecule has 3 N–H and O–H groups in total. The number of carbonyl (C=O) groups excluding carboxylic acids is 1. The number of nitrogens with zero attached hydrogens (tertiary/aromatic N) is 3. The van der Waals surface area contributed by atoms with Crippen molar-refractivity contribution in [1.82, 2.24) is 9.88 Å². The zero-order chi connectivity index (χ0) is 18.9. The van der Waals surface area contributed by atoms with E-state index in [1.54, 1.807) is 6.07 Å². The predicted molar refractivity (Wildman–Crippen MR) is 105 cm³/mol. The summed E-state index contributed by atoms with van der Waals surface area (Å²) < 4.78 is 0. The molecule has 2 saturated heterocycles. The number of aromatic nitrogens is 1. The maximum absolute atomic E-state index is 11.7. The van der Waals surface area contributed by atoms with E-state index in [1.165, 1.54) is 19.0 Å². The first-order valence-electron chi connectivity index (χ1n) is 9.61. The van der Waals surface area contributed by atoms with Crippen LogP contribution in [0.2, 0.25) is 0 Å². The van der Waals surface area contributed by atoms with Crippen LogP contribution in [0.15, 0.2) is 48.7 Å². The van der Waals surface area contributed by atoms with Crippen LogP contribution in [0.4, 0.5) is 5.82 Å². The van der Waals surface area contributed by atoms with Crippen LogP contribution >= 0.6 is 0 Å². The van der Waals surface area contributed by atoms with Crippen LogP contribution in [0.3, 0.4) is 0 Å². The second-order valence-corrected chi connectivity index (χ2v) is 7.51. The normalized spacial score (nSPS) is 26.3. The Labute approximate surface area is 159 Å². The number of piperidine rings is 1. The summed E-state index contributed by atoms with van der Waals surface area (Å²) in [6.45, 7) is 3.44. The number of pyridine rings is 1. The Kier molecular flexibility index (Phi) is 4.85. The summed E-state index contributed by atoms with van der Waals surface area (Å²) in [5.74, 6) is 0.348. The van der Waals surface area contributed by atoms with Crippen molar-refractivity contribution in [2.45, 2.75) is 30.9 Å². The maximum Gasteiger partial charge on any atom is 0.250 e. The highest BCUT2D eigenvalue weighted by atomic mass is 16.3. The highest BCUT2D eigenvalue weighted by molar-refractivity contribution is 5.92. The van der Waals surface area contributed by atoms with E-state index in [9.17, 15) is 9.90 Å². The fourth-order valence-corrected chi connectivity index (χ4v) is 4.38. The van der Waals surface area contributed by atoms with Crippen molar-refractivity contribution in [3.63, 3.8) is 0 Å². The number of amides is 1. The average molecular weight is 366 g/mol. The number of carbonyl (C=O) groups is 1. The third-order valence-corrected chi connectivity index (χ3v) is 5.92. The zero-order valence-electron chi connectivity index (χ0n) is 15.4. The van der Waals surface area contributed by atoms with E-state index in [0.29, 0.717) is 25.1 Å². The van der Waals surface area contributed by atoms with Crippen molar-refractivity contribution in [2.24, 2.45) is 5.73 Å². The van der Waals surface area contributed by atoms with E-state index in [1.807, 2.05) is 36.4 Å². The van der Waals surface area contributed by atoms with Crippen molar-refractivity contribution < 1.29 is 9.90 Å². The fraction of sp³-hybridized carbons (Fsp3) is 0.429. The molecule has 2 aliphatic heterocycles. The van der Waals surface area contributed by atoms with Crippen LogP contribution in [-0.2, 0) is 5.60 Å². The van der Waals surface area contributed by atoms with Crippen LogP contribution < -0.4 is 10.6 Å². The first kappa shape index (κ1) is 17.9. The first-order valence-corrected chi connectivity index (χ1v) is 9.61. The third-order valence-electron chi connectivity index (χ3n) is 5.92. The van der Waals surface area contributed by atoms with Crippen molar-refractivity contribution in [3.05, 3.63) is 59.8 Å². The van der Waals surface area contributed by atoms with Gasteiger partial charge in [-0.25, -0.2) is 4.98 Å². The number of benzene rings is 1. The summed E-state index contributed by atoms with van der Waals surface area (Å²) in [6, 6.07) is 13.6. The van der Waals surface area contributed by atoms with E-state index in [-0.39, 0.29) is 6.04 Å². The Morgan fingerprint density at radius 2 is 1.85 bits per heavy atom. The fourth-order valence-electron chi connectivity index (χ4n) is 4.38. The monoisotopic (exact) mass is 366 g/mol. The van der Waals surface area contributed by atoms with Gasteiger partial charge in [0.1, 0.15) is 11.4 Å². The lowest BCUT2D eigenvalue weighted by molar-refractivity contribution is -0.0603. The molecule has 0 radical (unpaired) electrons. The molecule has 6 heteroatoms. The van der Waals surface area contributed by atoms with Gasteiger partial charge in [0, 0.05) is 19.3 Å². The summed E-state index contributed by atoms with van der Waals surface area (Å²) in [5, 5.41) is 11.7. The number of primary amides is 1. The molecule has 27 heavy (non-hydrogen) atoms. The van der Waals surface area contributed by atoms with Crippen LogP contribution in [0.25, 0.3) is 0 Å². The van der Waals surface area contributed by atoms with Crippen molar-refractivity contribution in [2.75, 3.05) is 31.1 Å². The van der Waals surface area contributed by atoms with Crippen LogP contribution in [0.1, 0.15) is 35.2 Å². The lowest BCUT2D eigenvalue weighted by atomic mass is 9.79. The van der Waals surface area contributed by atoms with Gasteiger partial charge in [0.25, 0.3) is 0 Å². The number of aliphatic hydroxyl groups is 1. The first-order chi connectivity index (χ1) is 13.1. The summed E-state index contributed by atoms with van der Waals surface area (Å²) in [4.78, 5) is 20.3. The molecular weight excluding hydrogens is 340 g/mol. The topological polar surface area (TPSA) is 82.7 Å². The molecule has 2 aromatic rings. The van der Waals surface area contributed by atoms with Gasteiger partial charge in [-0.1, -0.05) is 30.3 Å². The van der Waals surface area contributed by atoms with Gasteiger partial charge in [-0.3, -0.25) is 9.69 Å². The summed E-state index contributed by atoms with van der Waals surface area (Å²) in [5.41, 5.74) is 5.84. The minimum atomic E-state index is -0.866. The molecule has 4 rings (SSSR count).